The minimum absolute atomic E-state index is 0.0230. The smallest absolute Gasteiger partial charge is 0.326 e. The second-order valence-corrected chi connectivity index (χ2v) is 6.32. The molecule has 2 rings (SSSR count). The number of aromatic nitrogens is 2. The summed E-state index contributed by atoms with van der Waals surface area (Å²) in [6.45, 7) is 0.690. The second kappa shape index (κ2) is 9.67. The Kier molecular flexibility index (Phi) is 7.29. The Bertz CT molecular complexity index is 671. The number of rotatable bonds is 10. The highest BCUT2D eigenvalue weighted by Gasteiger charge is 2.30. The van der Waals surface area contributed by atoms with Crippen LogP contribution in [0.2, 0.25) is 0 Å². The van der Waals surface area contributed by atoms with E-state index in [-0.39, 0.29) is 19.3 Å². The van der Waals surface area contributed by atoms with Crippen LogP contribution in [0.4, 0.5) is 0 Å². The Hall–Kier alpha value is -2.95. The van der Waals surface area contributed by atoms with Crippen LogP contribution < -0.4 is 16.0 Å². The average molecular weight is 381 g/mol. The molecule has 11 nitrogen and oxygen atoms in total. The molecule has 0 saturated carbocycles. The molecule has 148 valence electrons. The molecule has 1 aliphatic rings. The molecule has 11 heteroatoms. The van der Waals surface area contributed by atoms with E-state index < -0.39 is 41.9 Å². The van der Waals surface area contributed by atoms with Gasteiger partial charge in [0.15, 0.2) is 0 Å². The van der Waals surface area contributed by atoms with Crippen LogP contribution >= 0.6 is 0 Å². The molecule has 3 atom stereocenters. The van der Waals surface area contributed by atoms with Gasteiger partial charge in [-0.05, 0) is 25.8 Å². The maximum Gasteiger partial charge on any atom is 0.326 e. The highest BCUT2D eigenvalue weighted by Crippen LogP contribution is 2.07. The van der Waals surface area contributed by atoms with Crippen LogP contribution in [-0.2, 0) is 25.6 Å². The maximum absolute atomic E-state index is 12.5. The lowest BCUT2D eigenvalue weighted by atomic mass is 10.1. The molecular formula is C16H23N5O6. The van der Waals surface area contributed by atoms with E-state index in [1.807, 2.05) is 0 Å². The van der Waals surface area contributed by atoms with Crippen molar-refractivity contribution < 1.29 is 29.4 Å². The number of carboxylic acid groups (broad SMARTS) is 2. The second-order valence-electron chi connectivity index (χ2n) is 6.32. The van der Waals surface area contributed by atoms with E-state index in [2.05, 4.69) is 25.9 Å². The SMILES string of the molecule is O=C(O)CCC(NC(=O)C1CCCN1)C(=O)NC(Cc1cnc[nH]1)C(=O)O. The van der Waals surface area contributed by atoms with Gasteiger partial charge in [-0.3, -0.25) is 14.4 Å². The summed E-state index contributed by atoms with van der Waals surface area (Å²) in [4.78, 5) is 53.6. The molecule has 1 aliphatic heterocycles. The van der Waals surface area contributed by atoms with Crippen LogP contribution in [0.5, 0.6) is 0 Å². The lowest BCUT2D eigenvalue weighted by Crippen LogP contribution is -2.54. The molecule has 0 aliphatic carbocycles. The van der Waals surface area contributed by atoms with Crippen molar-refractivity contribution in [3.8, 4) is 0 Å². The summed E-state index contributed by atoms with van der Waals surface area (Å²) in [6.07, 6.45) is 3.78. The molecule has 0 spiro atoms. The third-order valence-corrected chi connectivity index (χ3v) is 4.25. The monoisotopic (exact) mass is 381 g/mol. The summed E-state index contributed by atoms with van der Waals surface area (Å²) < 4.78 is 0. The first kappa shape index (κ1) is 20.4. The standard InChI is InChI=1S/C16H23N5O6/c22-13(23)4-3-11(20-14(24)10-2-1-5-18-10)15(25)21-12(16(26)27)6-9-7-17-8-19-9/h7-8,10-12,18H,1-6H2,(H,17,19)(H,20,24)(H,21,25)(H,22,23)(H,26,27). The summed E-state index contributed by atoms with van der Waals surface area (Å²) in [5.41, 5.74) is 0.518. The summed E-state index contributed by atoms with van der Waals surface area (Å²) in [5, 5.41) is 26.1. The lowest BCUT2D eigenvalue weighted by molar-refractivity contribution is -0.143. The Morgan fingerprint density at radius 1 is 1.22 bits per heavy atom. The minimum Gasteiger partial charge on any atom is -0.481 e. The molecule has 27 heavy (non-hydrogen) atoms. The van der Waals surface area contributed by atoms with Crippen LogP contribution in [-0.4, -0.2) is 68.6 Å². The number of aliphatic carboxylic acids is 2. The van der Waals surface area contributed by atoms with Crippen LogP contribution in [0.15, 0.2) is 12.5 Å². The van der Waals surface area contributed by atoms with Gasteiger partial charge in [-0.1, -0.05) is 0 Å². The van der Waals surface area contributed by atoms with Gasteiger partial charge in [-0.25, -0.2) is 9.78 Å². The molecule has 1 fully saturated rings. The fourth-order valence-corrected chi connectivity index (χ4v) is 2.81. The summed E-state index contributed by atoms with van der Waals surface area (Å²) >= 11 is 0. The van der Waals surface area contributed by atoms with Crippen LogP contribution in [0.3, 0.4) is 0 Å². The fourth-order valence-electron chi connectivity index (χ4n) is 2.81. The number of amides is 2. The molecule has 6 N–H and O–H groups in total. The first-order valence-corrected chi connectivity index (χ1v) is 8.62. The van der Waals surface area contributed by atoms with E-state index in [4.69, 9.17) is 5.11 Å². The molecule has 2 heterocycles. The summed E-state index contributed by atoms with van der Waals surface area (Å²) in [7, 11) is 0. The highest BCUT2D eigenvalue weighted by atomic mass is 16.4. The predicted molar refractivity (Wildman–Crippen MR) is 91.7 cm³/mol. The van der Waals surface area contributed by atoms with E-state index in [0.29, 0.717) is 18.7 Å². The largest absolute Gasteiger partial charge is 0.481 e. The van der Waals surface area contributed by atoms with E-state index in [0.717, 1.165) is 6.42 Å². The Labute approximate surface area is 154 Å². The molecule has 2 amide bonds. The highest BCUT2D eigenvalue weighted by molar-refractivity contribution is 5.92. The van der Waals surface area contributed by atoms with E-state index in [1.54, 1.807) is 0 Å². The van der Waals surface area contributed by atoms with Crippen molar-refractivity contribution in [2.24, 2.45) is 0 Å². The van der Waals surface area contributed by atoms with Gasteiger partial charge < -0.3 is 31.1 Å². The van der Waals surface area contributed by atoms with Crippen molar-refractivity contribution in [3.05, 3.63) is 18.2 Å². The number of imidazole rings is 1. The van der Waals surface area contributed by atoms with Gasteiger partial charge >= 0.3 is 11.9 Å². The van der Waals surface area contributed by atoms with Crippen molar-refractivity contribution in [2.75, 3.05) is 6.54 Å². The average Bonchev–Trinajstić information content (AvgIpc) is 3.30. The van der Waals surface area contributed by atoms with Crippen molar-refractivity contribution in [3.63, 3.8) is 0 Å². The first-order chi connectivity index (χ1) is 12.9. The van der Waals surface area contributed by atoms with Crippen LogP contribution in [0, 0.1) is 0 Å². The Morgan fingerprint density at radius 3 is 2.56 bits per heavy atom. The van der Waals surface area contributed by atoms with Gasteiger partial charge in [0.25, 0.3) is 0 Å². The molecule has 1 aromatic rings. The first-order valence-electron chi connectivity index (χ1n) is 8.62. The molecule has 3 unspecified atom stereocenters. The van der Waals surface area contributed by atoms with Crippen LogP contribution in [0.1, 0.15) is 31.4 Å². The van der Waals surface area contributed by atoms with E-state index in [9.17, 15) is 24.3 Å². The number of H-pyrrole nitrogens is 1. The fraction of sp³-hybridized carbons (Fsp3) is 0.562. The number of carbonyl (C=O) groups is 4. The number of aromatic amines is 1. The third-order valence-electron chi connectivity index (χ3n) is 4.25. The number of hydrogen-bond acceptors (Lipinski definition) is 6. The van der Waals surface area contributed by atoms with Gasteiger partial charge in [0, 0.05) is 24.7 Å². The Morgan fingerprint density at radius 2 is 2.00 bits per heavy atom. The van der Waals surface area contributed by atoms with Crippen molar-refractivity contribution in [1.82, 2.24) is 25.9 Å². The number of nitrogens with zero attached hydrogens (tertiary/aromatic N) is 1. The topological polar surface area (TPSA) is 174 Å². The van der Waals surface area contributed by atoms with Crippen LogP contribution in [0.25, 0.3) is 0 Å². The molecule has 1 aromatic heterocycles. The number of hydrogen-bond donors (Lipinski definition) is 6. The number of carboxylic acids is 2. The molecule has 0 aromatic carbocycles. The van der Waals surface area contributed by atoms with Crippen molar-refractivity contribution in [1.29, 1.82) is 0 Å². The maximum atomic E-state index is 12.5. The van der Waals surface area contributed by atoms with Gasteiger partial charge in [0.1, 0.15) is 12.1 Å². The molecule has 0 radical (unpaired) electrons. The van der Waals surface area contributed by atoms with Gasteiger partial charge in [-0.15, -0.1) is 0 Å². The lowest BCUT2D eigenvalue weighted by Gasteiger charge is -2.22. The zero-order valence-corrected chi connectivity index (χ0v) is 14.6. The van der Waals surface area contributed by atoms with Crippen molar-refractivity contribution in [2.45, 2.75) is 50.2 Å². The van der Waals surface area contributed by atoms with E-state index >= 15 is 0 Å². The van der Waals surface area contributed by atoms with Crippen molar-refractivity contribution >= 4 is 23.8 Å². The molecule has 0 bridgehead atoms. The minimum atomic E-state index is -1.25. The summed E-state index contributed by atoms with van der Waals surface area (Å²) in [6, 6.07) is -2.82. The van der Waals surface area contributed by atoms with Gasteiger partial charge in [-0.2, -0.15) is 0 Å². The third kappa shape index (κ3) is 6.37. The van der Waals surface area contributed by atoms with Gasteiger partial charge in [0.2, 0.25) is 11.8 Å². The van der Waals surface area contributed by atoms with Gasteiger partial charge in [0.05, 0.1) is 12.4 Å². The Balaban J connectivity index is 2.02. The quantitative estimate of drug-likeness (QED) is 0.288. The zero-order valence-electron chi connectivity index (χ0n) is 14.6. The summed E-state index contributed by atoms with van der Waals surface area (Å²) in [5.74, 6) is -3.51. The molecular weight excluding hydrogens is 358 g/mol. The predicted octanol–water partition coefficient (Wildman–Crippen LogP) is -1.38. The number of carbonyl (C=O) groups excluding carboxylic acids is 2. The molecule has 1 saturated heterocycles. The number of nitrogens with one attached hydrogen (secondary N) is 4. The normalized spacial score (nSPS) is 18.4. The van der Waals surface area contributed by atoms with E-state index in [1.165, 1.54) is 12.5 Å². The zero-order chi connectivity index (χ0) is 19.8.